The lowest BCUT2D eigenvalue weighted by molar-refractivity contribution is -0.114. The van der Waals surface area contributed by atoms with Crippen LogP contribution in [0.4, 0.5) is 5.69 Å². The smallest absolute Gasteiger partial charge is 0.270 e. The number of thiophene rings is 1. The summed E-state index contributed by atoms with van der Waals surface area (Å²) in [7, 11) is 0. The molecule has 0 radical (unpaired) electrons. The van der Waals surface area contributed by atoms with Crippen molar-refractivity contribution in [3.8, 4) is 0 Å². The summed E-state index contributed by atoms with van der Waals surface area (Å²) in [5.74, 6) is -0.416. The molecule has 2 heterocycles. The Hall–Kier alpha value is -3.32. The highest BCUT2D eigenvalue weighted by Crippen LogP contribution is 2.25. The molecule has 27 heavy (non-hydrogen) atoms. The summed E-state index contributed by atoms with van der Waals surface area (Å²) in [6.45, 7) is 0.991. The number of pyridine rings is 1. The Morgan fingerprint density at radius 3 is 2.70 bits per heavy atom. The van der Waals surface area contributed by atoms with E-state index < -0.39 is 5.91 Å². The molecule has 0 aliphatic heterocycles. The minimum Gasteiger partial charge on any atom is -0.372 e. The van der Waals surface area contributed by atoms with E-state index in [0.717, 1.165) is 11.1 Å². The first-order valence-electron chi connectivity index (χ1n) is 8.37. The van der Waals surface area contributed by atoms with Gasteiger partial charge in [0, 0.05) is 25.5 Å². The molecule has 136 valence electrons. The second kappa shape index (κ2) is 9.40. The topological polar surface area (TPSA) is 90.2 Å². The Labute approximate surface area is 161 Å². The highest BCUT2D eigenvalue weighted by Gasteiger charge is 2.16. The molecule has 3 N–H and O–H groups in total. The largest absolute Gasteiger partial charge is 0.372 e. The Bertz CT molecular complexity index is 922. The minimum atomic E-state index is -0.416. The van der Waals surface area contributed by atoms with Crippen molar-refractivity contribution in [3.05, 3.63) is 82.3 Å². The zero-order valence-corrected chi connectivity index (χ0v) is 15.4. The normalized spacial score (nSPS) is 10.7. The van der Waals surface area contributed by atoms with Gasteiger partial charge in [-0.05, 0) is 28.6 Å². The first kappa shape index (κ1) is 18.5. The Morgan fingerprint density at radius 2 is 1.93 bits per heavy atom. The molecule has 6 nitrogen and oxygen atoms in total. The number of aromatic nitrogens is 1. The van der Waals surface area contributed by atoms with E-state index in [2.05, 4.69) is 20.6 Å². The monoisotopic (exact) mass is 377 g/mol. The molecule has 1 amide bonds. The lowest BCUT2D eigenvalue weighted by Crippen LogP contribution is -2.30. The Morgan fingerprint density at radius 1 is 1.11 bits per heavy atom. The van der Waals surface area contributed by atoms with Crippen molar-refractivity contribution in [2.45, 2.75) is 13.1 Å². The zero-order valence-electron chi connectivity index (χ0n) is 14.6. The van der Waals surface area contributed by atoms with Crippen LogP contribution in [0.25, 0.3) is 0 Å². The fourth-order valence-corrected chi connectivity index (χ4v) is 3.13. The number of rotatable bonds is 8. The lowest BCUT2D eigenvalue weighted by Gasteiger charge is -2.06. The van der Waals surface area contributed by atoms with Crippen LogP contribution >= 0.6 is 11.3 Å². The number of carbonyl (C=O) groups excluding carboxylic acids is 1. The van der Waals surface area contributed by atoms with E-state index in [0.29, 0.717) is 23.7 Å². The van der Waals surface area contributed by atoms with Crippen molar-refractivity contribution in [1.82, 2.24) is 15.6 Å². The van der Waals surface area contributed by atoms with Gasteiger partial charge in [-0.2, -0.15) is 0 Å². The maximum Gasteiger partial charge on any atom is 0.270 e. The minimum absolute atomic E-state index is 0.0830. The third-order valence-corrected chi connectivity index (χ3v) is 4.64. The highest BCUT2D eigenvalue weighted by molar-refractivity contribution is 7.13. The van der Waals surface area contributed by atoms with E-state index in [1.807, 2.05) is 47.8 Å². The number of nitrogens with one attached hydrogen (secondary N) is 3. The number of hydrogen-bond acceptors (Lipinski definition) is 5. The Kier molecular flexibility index (Phi) is 6.43. The van der Waals surface area contributed by atoms with Crippen molar-refractivity contribution >= 4 is 35.0 Å². The second-order valence-corrected chi connectivity index (χ2v) is 6.59. The number of benzene rings is 1. The van der Waals surface area contributed by atoms with Crippen LogP contribution in [0.3, 0.4) is 0 Å². The Balaban J connectivity index is 1.55. The van der Waals surface area contributed by atoms with Crippen LogP contribution in [-0.4, -0.2) is 22.9 Å². The van der Waals surface area contributed by atoms with Crippen LogP contribution in [0, 0.1) is 5.41 Å². The van der Waals surface area contributed by atoms with Crippen LogP contribution in [0.2, 0.25) is 0 Å². The van der Waals surface area contributed by atoms with E-state index >= 15 is 0 Å². The van der Waals surface area contributed by atoms with Gasteiger partial charge in [0.2, 0.25) is 0 Å². The maximum atomic E-state index is 12.3. The fourth-order valence-electron chi connectivity index (χ4n) is 2.34. The van der Waals surface area contributed by atoms with Gasteiger partial charge in [0.15, 0.2) is 0 Å². The average Bonchev–Trinajstić information content (AvgIpc) is 3.19. The molecule has 0 spiro atoms. The summed E-state index contributed by atoms with van der Waals surface area (Å²) >= 11 is 1.33. The summed E-state index contributed by atoms with van der Waals surface area (Å²) in [6, 6.07) is 15.2. The summed E-state index contributed by atoms with van der Waals surface area (Å²) in [5.41, 5.74) is 2.55. The van der Waals surface area contributed by atoms with Crippen LogP contribution in [0.15, 0.2) is 71.3 Å². The SMILES string of the molecule is N=C(C(=O)NCc1ccccc1)c1sccc1/N=C/NCc1cccnc1. The number of nitrogens with zero attached hydrogens (tertiary/aromatic N) is 2. The van der Waals surface area contributed by atoms with Gasteiger partial charge in [-0.25, -0.2) is 4.99 Å². The quantitative estimate of drug-likeness (QED) is 0.416. The lowest BCUT2D eigenvalue weighted by atomic mass is 10.2. The number of hydrogen-bond donors (Lipinski definition) is 3. The summed E-state index contributed by atoms with van der Waals surface area (Å²) < 4.78 is 0. The number of carbonyl (C=O) groups is 1. The highest BCUT2D eigenvalue weighted by atomic mass is 32.1. The van der Waals surface area contributed by atoms with Crippen LogP contribution in [0.1, 0.15) is 16.0 Å². The van der Waals surface area contributed by atoms with E-state index in [9.17, 15) is 4.79 Å². The van der Waals surface area contributed by atoms with Gasteiger partial charge in [0.1, 0.15) is 5.71 Å². The third kappa shape index (κ3) is 5.32. The predicted molar refractivity (Wildman–Crippen MR) is 109 cm³/mol. The van der Waals surface area contributed by atoms with Gasteiger partial charge in [-0.3, -0.25) is 15.2 Å². The summed E-state index contributed by atoms with van der Waals surface area (Å²) in [4.78, 5) is 21.2. The predicted octanol–water partition coefficient (Wildman–Crippen LogP) is 3.28. The van der Waals surface area contributed by atoms with Gasteiger partial charge in [-0.15, -0.1) is 11.3 Å². The molecule has 3 rings (SSSR count). The molecule has 0 fully saturated rings. The molecule has 7 heteroatoms. The molecule has 0 bridgehead atoms. The fraction of sp³-hybridized carbons (Fsp3) is 0.100. The third-order valence-electron chi connectivity index (χ3n) is 3.72. The second-order valence-electron chi connectivity index (χ2n) is 5.68. The molecule has 0 atom stereocenters. The van der Waals surface area contributed by atoms with E-state index in [4.69, 9.17) is 5.41 Å². The molecular weight excluding hydrogens is 358 g/mol. The van der Waals surface area contributed by atoms with Crippen molar-refractivity contribution in [2.24, 2.45) is 4.99 Å². The molecular formula is C20H19N5OS. The molecule has 0 saturated carbocycles. The molecule has 0 aliphatic rings. The zero-order chi connectivity index (χ0) is 18.9. The summed E-state index contributed by atoms with van der Waals surface area (Å²) in [6.07, 6.45) is 5.08. The molecule has 0 aliphatic carbocycles. The van der Waals surface area contributed by atoms with Crippen molar-refractivity contribution in [1.29, 1.82) is 5.41 Å². The first-order valence-corrected chi connectivity index (χ1v) is 9.25. The standard InChI is InChI=1S/C20H19N5OS/c21-18(20(26)24-13-15-5-2-1-3-6-15)19-17(8-10-27-19)25-14-23-12-16-7-4-9-22-11-16/h1-11,14,21H,12-13H2,(H,23,25)(H,24,26). The van der Waals surface area contributed by atoms with Crippen molar-refractivity contribution < 1.29 is 4.79 Å². The molecule has 1 aromatic carbocycles. The average molecular weight is 377 g/mol. The molecule has 0 unspecified atom stereocenters. The van der Waals surface area contributed by atoms with Gasteiger partial charge >= 0.3 is 0 Å². The van der Waals surface area contributed by atoms with Crippen LogP contribution in [-0.2, 0) is 17.9 Å². The van der Waals surface area contributed by atoms with Crippen LogP contribution in [0.5, 0.6) is 0 Å². The maximum absolute atomic E-state index is 12.3. The van der Waals surface area contributed by atoms with Crippen molar-refractivity contribution in [3.63, 3.8) is 0 Å². The number of aliphatic imine (C=N–C) groups is 1. The van der Waals surface area contributed by atoms with Gasteiger partial charge in [-0.1, -0.05) is 36.4 Å². The molecule has 0 saturated heterocycles. The molecule has 2 aromatic heterocycles. The van der Waals surface area contributed by atoms with E-state index in [1.165, 1.54) is 11.3 Å². The summed E-state index contributed by atoms with van der Waals surface area (Å²) in [5, 5.41) is 15.8. The first-order chi connectivity index (χ1) is 13.2. The van der Waals surface area contributed by atoms with Gasteiger partial charge in [0.05, 0.1) is 16.9 Å². The van der Waals surface area contributed by atoms with Gasteiger partial charge in [0.25, 0.3) is 5.91 Å². The van der Waals surface area contributed by atoms with Gasteiger partial charge < -0.3 is 10.6 Å². The van der Waals surface area contributed by atoms with E-state index in [-0.39, 0.29) is 5.71 Å². The van der Waals surface area contributed by atoms with Crippen LogP contribution < -0.4 is 10.6 Å². The number of amides is 1. The van der Waals surface area contributed by atoms with Crippen molar-refractivity contribution in [2.75, 3.05) is 0 Å². The van der Waals surface area contributed by atoms with E-state index in [1.54, 1.807) is 24.8 Å². The molecule has 3 aromatic rings.